The number of urea groups is 1. The number of morpholine rings is 1. The Balaban J connectivity index is 1.66. The number of carbonyl (C=O) groups excluding carboxylic acids is 2. The molecule has 3 fully saturated rings. The van der Waals surface area contributed by atoms with Crippen molar-refractivity contribution in [1.29, 1.82) is 5.26 Å². The highest BCUT2D eigenvalue weighted by atomic mass is 16.5. The summed E-state index contributed by atoms with van der Waals surface area (Å²) < 4.78 is 5.32. The van der Waals surface area contributed by atoms with E-state index in [1.54, 1.807) is 4.90 Å². The van der Waals surface area contributed by atoms with Crippen LogP contribution in [0.4, 0.5) is 4.79 Å². The molecule has 8 nitrogen and oxygen atoms in total. The summed E-state index contributed by atoms with van der Waals surface area (Å²) in [6.45, 7) is 6.39. The first kappa shape index (κ1) is 21.8. The lowest BCUT2D eigenvalue weighted by Crippen LogP contribution is -2.58. The van der Waals surface area contributed by atoms with Crippen molar-refractivity contribution in [3.8, 4) is 6.07 Å². The van der Waals surface area contributed by atoms with Crippen molar-refractivity contribution in [3.63, 3.8) is 0 Å². The van der Waals surface area contributed by atoms with Crippen molar-refractivity contribution in [2.75, 3.05) is 45.9 Å². The number of amides is 3. The summed E-state index contributed by atoms with van der Waals surface area (Å²) in [4.78, 5) is 29.8. The van der Waals surface area contributed by atoms with E-state index in [-0.39, 0.29) is 11.9 Å². The SMILES string of the molecule is CCN1CCC(C#N)(NC(=O)C(CC2CCCCC2)NC(=O)N2CCOCC2)C1. The first-order valence-corrected chi connectivity index (χ1v) is 11.1. The minimum Gasteiger partial charge on any atom is -0.378 e. The molecule has 0 aromatic rings. The molecule has 2 N–H and O–H groups in total. The molecule has 3 aliphatic rings. The molecular weight excluding hydrogens is 370 g/mol. The normalized spacial score (nSPS) is 27.2. The molecule has 2 aliphatic heterocycles. The largest absolute Gasteiger partial charge is 0.378 e. The third-order valence-corrected chi connectivity index (χ3v) is 6.58. The first-order chi connectivity index (χ1) is 14.0. The lowest BCUT2D eigenvalue weighted by molar-refractivity contribution is -0.124. The number of likely N-dealkylation sites (tertiary alicyclic amines) is 1. The van der Waals surface area contributed by atoms with Gasteiger partial charge in [-0.3, -0.25) is 4.79 Å². The Morgan fingerprint density at radius 1 is 1.21 bits per heavy atom. The van der Waals surface area contributed by atoms with Gasteiger partial charge in [0.05, 0.1) is 19.3 Å². The second kappa shape index (κ2) is 10.3. The van der Waals surface area contributed by atoms with Gasteiger partial charge in [-0.1, -0.05) is 39.0 Å². The van der Waals surface area contributed by atoms with Crippen LogP contribution >= 0.6 is 0 Å². The smallest absolute Gasteiger partial charge is 0.318 e. The lowest BCUT2D eigenvalue weighted by atomic mass is 9.84. The number of nitriles is 1. The number of hydrogen-bond donors (Lipinski definition) is 2. The van der Waals surface area contributed by atoms with Gasteiger partial charge in [0.1, 0.15) is 11.6 Å². The molecule has 1 saturated carbocycles. The van der Waals surface area contributed by atoms with E-state index >= 15 is 0 Å². The van der Waals surface area contributed by atoms with Crippen molar-refractivity contribution in [2.45, 2.75) is 63.5 Å². The van der Waals surface area contributed by atoms with Gasteiger partial charge in [0, 0.05) is 26.2 Å². The van der Waals surface area contributed by atoms with Crippen molar-refractivity contribution < 1.29 is 14.3 Å². The molecule has 8 heteroatoms. The number of likely N-dealkylation sites (N-methyl/N-ethyl adjacent to an activating group) is 1. The molecule has 3 rings (SSSR count). The second-order valence-corrected chi connectivity index (χ2v) is 8.64. The zero-order valence-corrected chi connectivity index (χ0v) is 17.6. The van der Waals surface area contributed by atoms with E-state index in [2.05, 4.69) is 28.5 Å². The van der Waals surface area contributed by atoms with Crippen LogP contribution in [-0.4, -0.2) is 79.3 Å². The number of hydrogen-bond acceptors (Lipinski definition) is 5. The van der Waals surface area contributed by atoms with Gasteiger partial charge in [0.2, 0.25) is 5.91 Å². The monoisotopic (exact) mass is 405 g/mol. The second-order valence-electron chi connectivity index (χ2n) is 8.64. The van der Waals surface area contributed by atoms with Crippen LogP contribution in [0.15, 0.2) is 0 Å². The van der Waals surface area contributed by atoms with Crippen molar-refractivity contribution >= 4 is 11.9 Å². The molecule has 2 unspecified atom stereocenters. The zero-order valence-electron chi connectivity index (χ0n) is 17.6. The highest BCUT2D eigenvalue weighted by molar-refractivity contribution is 5.88. The van der Waals surface area contributed by atoms with Gasteiger partial charge in [-0.15, -0.1) is 0 Å². The molecule has 29 heavy (non-hydrogen) atoms. The summed E-state index contributed by atoms with van der Waals surface area (Å²) in [7, 11) is 0. The molecule has 0 spiro atoms. The summed E-state index contributed by atoms with van der Waals surface area (Å²) in [6.07, 6.45) is 7.08. The van der Waals surface area contributed by atoms with Crippen LogP contribution in [0.2, 0.25) is 0 Å². The third kappa shape index (κ3) is 5.83. The Kier molecular flexibility index (Phi) is 7.73. The van der Waals surface area contributed by atoms with Crippen molar-refractivity contribution in [1.82, 2.24) is 20.4 Å². The van der Waals surface area contributed by atoms with Gasteiger partial charge in [-0.2, -0.15) is 5.26 Å². The Labute approximate surface area is 173 Å². The van der Waals surface area contributed by atoms with Crippen LogP contribution in [0.5, 0.6) is 0 Å². The summed E-state index contributed by atoms with van der Waals surface area (Å²) in [5.41, 5.74) is -0.860. The van der Waals surface area contributed by atoms with E-state index in [1.165, 1.54) is 19.3 Å². The van der Waals surface area contributed by atoms with E-state index < -0.39 is 11.6 Å². The molecule has 0 aromatic heterocycles. The quantitative estimate of drug-likeness (QED) is 0.697. The fraction of sp³-hybridized carbons (Fsp3) is 0.857. The zero-order chi connectivity index (χ0) is 20.7. The van der Waals surface area contributed by atoms with Gasteiger partial charge < -0.3 is 25.2 Å². The fourth-order valence-electron chi connectivity index (χ4n) is 4.70. The molecule has 0 aromatic carbocycles. The molecule has 3 amide bonds. The van der Waals surface area contributed by atoms with E-state index in [4.69, 9.17) is 4.74 Å². The minimum absolute atomic E-state index is 0.211. The molecule has 2 atom stereocenters. The fourth-order valence-corrected chi connectivity index (χ4v) is 4.70. The van der Waals surface area contributed by atoms with E-state index in [9.17, 15) is 14.9 Å². The van der Waals surface area contributed by atoms with Crippen LogP contribution in [0, 0.1) is 17.2 Å². The molecular formula is C21H35N5O3. The Hall–Kier alpha value is -1.85. The van der Waals surface area contributed by atoms with E-state index in [0.29, 0.717) is 51.6 Å². The van der Waals surface area contributed by atoms with Crippen molar-refractivity contribution in [2.24, 2.45) is 5.92 Å². The standard InChI is InChI=1S/C21H35N5O3/c1-2-25-9-8-21(15-22,16-25)24-19(27)18(14-17-6-4-3-5-7-17)23-20(28)26-10-12-29-13-11-26/h17-18H,2-14,16H2,1H3,(H,23,28)(H,24,27). The van der Waals surface area contributed by atoms with Crippen LogP contribution in [0.3, 0.4) is 0 Å². The third-order valence-electron chi connectivity index (χ3n) is 6.58. The number of ether oxygens (including phenoxy) is 1. The Morgan fingerprint density at radius 3 is 2.55 bits per heavy atom. The average molecular weight is 406 g/mol. The predicted molar refractivity (Wildman–Crippen MR) is 109 cm³/mol. The van der Waals surface area contributed by atoms with Crippen LogP contribution in [0.25, 0.3) is 0 Å². The Bertz CT molecular complexity index is 610. The van der Waals surface area contributed by atoms with Gasteiger partial charge in [-0.25, -0.2) is 4.79 Å². The minimum atomic E-state index is -0.860. The van der Waals surface area contributed by atoms with Gasteiger partial charge >= 0.3 is 6.03 Å². The molecule has 2 saturated heterocycles. The first-order valence-electron chi connectivity index (χ1n) is 11.1. The van der Waals surface area contributed by atoms with E-state index in [0.717, 1.165) is 25.9 Å². The van der Waals surface area contributed by atoms with Gasteiger partial charge in [0.25, 0.3) is 0 Å². The van der Waals surface area contributed by atoms with Gasteiger partial charge in [0.15, 0.2) is 0 Å². The predicted octanol–water partition coefficient (Wildman–Crippen LogP) is 1.47. The molecule has 0 bridgehead atoms. The van der Waals surface area contributed by atoms with Crippen LogP contribution < -0.4 is 10.6 Å². The molecule has 2 heterocycles. The number of rotatable bonds is 6. The molecule has 162 valence electrons. The number of nitrogens with one attached hydrogen (secondary N) is 2. The highest BCUT2D eigenvalue weighted by Crippen LogP contribution is 2.28. The van der Waals surface area contributed by atoms with Crippen LogP contribution in [0.1, 0.15) is 51.9 Å². The number of carbonyl (C=O) groups is 2. The van der Waals surface area contributed by atoms with E-state index in [1.807, 2.05) is 0 Å². The lowest BCUT2D eigenvalue weighted by Gasteiger charge is -2.32. The maximum Gasteiger partial charge on any atom is 0.318 e. The van der Waals surface area contributed by atoms with Crippen LogP contribution in [-0.2, 0) is 9.53 Å². The Morgan fingerprint density at radius 2 is 1.93 bits per heavy atom. The maximum atomic E-state index is 13.2. The summed E-state index contributed by atoms with van der Waals surface area (Å²) in [6, 6.07) is 1.52. The molecule has 0 radical (unpaired) electrons. The summed E-state index contributed by atoms with van der Waals surface area (Å²) in [5.74, 6) is 0.218. The van der Waals surface area contributed by atoms with Crippen molar-refractivity contribution in [3.05, 3.63) is 0 Å². The average Bonchev–Trinajstić information content (AvgIpc) is 3.18. The van der Waals surface area contributed by atoms with Gasteiger partial charge in [-0.05, 0) is 25.3 Å². The molecule has 1 aliphatic carbocycles. The maximum absolute atomic E-state index is 13.2. The topological polar surface area (TPSA) is 97.7 Å². The number of nitrogens with zero attached hydrogens (tertiary/aromatic N) is 3. The highest BCUT2D eigenvalue weighted by Gasteiger charge is 2.41. The summed E-state index contributed by atoms with van der Waals surface area (Å²) >= 11 is 0. The summed E-state index contributed by atoms with van der Waals surface area (Å²) in [5, 5.41) is 15.7.